The van der Waals surface area contributed by atoms with E-state index in [-0.39, 0.29) is 11.6 Å². The van der Waals surface area contributed by atoms with Gasteiger partial charge in [-0.15, -0.1) is 0 Å². The highest BCUT2D eigenvalue weighted by Gasteiger charge is 2.43. The molecule has 4 heteroatoms. The van der Waals surface area contributed by atoms with E-state index in [1.165, 1.54) is 25.7 Å². The molecule has 2 aliphatic rings. The Morgan fingerprint density at radius 1 is 1.29 bits per heavy atom. The van der Waals surface area contributed by atoms with Gasteiger partial charge >= 0.3 is 0 Å². The molecule has 0 aromatic carbocycles. The first-order valence-corrected chi connectivity index (χ1v) is 6.91. The first-order valence-electron chi connectivity index (χ1n) is 6.91. The third-order valence-corrected chi connectivity index (χ3v) is 4.52. The van der Waals surface area contributed by atoms with Crippen LogP contribution in [0.3, 0.4) is 0 Å². The molecule has 2 atom stereocenters. The van der Waals surface area contributed by atoms with Gasteiger partial charge in [-0.25, -0.2) is 0 Å². The predicted octanol–water partition coefficient (Wildman–Crippen LogP) is 1.59. The summed E-state index contributed by atoms with van der Waals surface area (Å²) < 4.78 is 11.5. The number of nitrogens with one attached hydrogen (secondary N) is 1. The molecule has 2 fully saturated rings. The molecule has 3 N–H and O–H groups in total. The lowest BCUT2D eigenvalue weighted by Gasteiger charge is -2.46. The molecule has 0 bridgehead atoms. The minimum Gasteiger partial charge on any atom is -0.381 e. The van der Waals surface area contributed by atoms with E-state index in [4.69, 9.17) is 15.3 Å². The zero-order valence-corrected chi connectivity index (χ0v) is 10.9. The van der Waals surface area contributed by atoms with Crippen LogP contribution in [0.1, 0.15) is 44.9 Å². The number of methoxy groups -OCH3 is 1. The number of ether oxygens (including phenoxy) is 2. The fraction of sp³-hybridized carbons (Fsp3) is 1.00. The number of nitrogens with two attached hydrogens (primary N) is 1. The Hall–Kier alpha value is -0.160. The first-order chi connectivity index (χ1) is 8.32. The lowest BCUT2D eigenvalue weighted by molar-refractivity contribution is -0.0985. The van der Waals surface area contributed by atoms with E-state index in [2.05, 4.69) is 5.43 Å². The van der Waals surface area contributed by atoms with E-state index in [1.807, 2.05) is 7.11 Å². The molecular weight excluding hydrogens is 216 g/mol. The molecule has 0 amide bonds. The number of hydrazine groups is 1. The van der Waals surface area contributed by atoms with Crippen molar-refractivity contribution in [1.29, 1.82) is 0 Å². The summed E-state index contributed by atoms with van der Waals surface area (Å²) >= 11 is 0. The zero-order chi connectivity index (χ0) is 12.1. The molecule has 0 spiro atoms. The van der Waals surface area contributed by atoms with Crippen LogP contribution in [0, 0.1) is 5.92 Å². The highest BCUT2D eigenvalue weighted by molar-refractivity contribution is 4.98. The predicted molar refractivity (Wildman–Crippen MR) is 67.5 cm³/mol. The van der Waals surface area contributed by atoms with Crippen molar-refractivity contribution in [3.63, 3.8) is 0 Å². The van der Waals surface area contributed by atoms with Gasteiger partial charge in [0.05, 0.1) is 18.2 Å². The molecule has 0 aromatic heterocycles. The summed E-state index contributed by atoms with van der Waals surface area (Å²) in [6, 6.07) is 0.230. The van der Waals surface area contributed by atoms with Gasteiger partial charge in [0.2, 0.25) is 0 Å². The van der Waals surface area contributed by atoms with Gasteiger partial charge in [-0.3, -0.25) is 11.3 Å². The van der Waals surface area contributed by atoms with E-state index in [0.717, 1.165) is 32.5 Å². The second-order valence-corrected chi connectivity index (χ2v) is 5.45. The Labute approximate surface area is 104 Å². The summed E-state index contributed by atoms with van der Waals surface area (Å²) in [7, 11) is 1.83. The van der Waals surface area contributed by atoms with Crippen molar-refractivity contribution in [1.82, 2.24) is 5.43 Å². The third-order valence-electron chi connectivity index (χ3n) is 4.52. The molecule has 1 heterocycles. The van der Waals surface area contributed by atoms with Crippen LogP contribution in [0.15, 0.2) is 0 Å². The van der Waals surface area contributed by atoms with Crippen LogP contribution >= 0.6 is 0 Å². The van der Waals surface area contributed by atoms with Crippen LogP contribution < -0.4 is 11.3 Å². The Morgan fingerprint density at radius 2 is 2.06 bits per heavy atom. The third kappa shape index (κ3) is 2.81. The summed E-state index contributed by atoms with van der Waals surface area (Å²) in [6.07, 6.45) is 8.40. The number of hydrogen-bond donors (Lipinski definition) is 2. The maximum atomic E-state index is 5.89. The molecule has 1 saturated heterocycles. The molecule has 0 aromatic rings. The maximum absolute atomic E-state index is 5.89. The lowest BCUT2D eigenvalue weighted by atomic mass is 9.73. The number of hydrogen-bond acceptors (Lipinski definition) is 4. The van der Waals surface area contributed by atoms with E-state index < -0.39 is 0 Å². The second-order valence-electron chi connectivity index (χ2n) is 5.45. The summed E-state index contributed by atoms with van der Waals surface area (Å²) in [6.45, 7) is 1.72. The van der Waals surface area contributed by atoms with E-state index in [1.54, 1.807) is 0 Å². The van der Waals surface area contributed by atoms with Crippen LogP contribution in [0.25, 0.3) is 0 Å². The first kappa shape index (κ1) is 13.3. The van der Waals surface area contributed by atoms with Crippen LogP contribution in [-0.2, 0) is 9.47 Å². The van der Waals surface area contributed by atoms with E-state index in [9.17, 15) is 0 Å². The van der Waals surface area contributed by atoms with Gasteiger partial charge in [-0.1, -0.05) is 19.3 Å². The van der Waals surface area contributed by atoms with Crippen molar-refractivity contribution < 1.29 is 9.47 Å². The van der Waals surface area contributed by atoms with Crippen molar-refractivity contribution in [3.05, 3.63) is 0 Å². The van der Waals surface area contributed by atoms with Crippen LogP contribution in [0.2, 0.25) is 0 Å². The molecule has 2 unspecified atom stereocenters. The van der Waals surface area contributed by atoms with Crippen LogP contribution in [0.5, 0.6) is 0 Å². The summed E-state index contributed by atoms with van der Waals surface area (Å²) in [4.78, 5) is 0. The van der Waals surface area contributed by atoms with Gasteiger partial charge in [0, 0.05) is 19.6 Å². The Morgan fingerprint density at radius 3 is 2.59 bits per heavy atom. The zero-order valence-electron chi connectivity index (χ0n) is 10.9. The summed E-state index contributed by atoms with van der Waals surface area (Å²) in [5.74, 6) is 6.30. The standard InChI is InChI=1S/C13H26N2O2/c1-16-13(7-3-2-4-8-13)12(15-14)11-6-5-9-17-10-11/h11-12,15H,2-10,14H2,1H3. The van der Waals surface area contributed by atoms with E-state index >= 15 is 0 Å². The molecule has 1 aliphatic heterocycles. The molecule has 17 heavy (non-hydrogen) atoms. The summed E-state index contributed by atoms with van der Waals surface area (Å²) in [5, 5.41) is 0. The Bertz CT molecular complexity index is 223. The summed E-state index contributed by atoms with van der Waals surface area (Å²) in [5.41, 5.74) is 2.96. The smallest absolute Gasteiger partial charge is 0.0847 e. The fourth-order valence-corrected chi connectivity index (χ4v) is 3.54. The van der Waals surface area contributed by atoms with Gasteiger partial charge in [0.25, 0.3) is 0 Å². The quantitative estimate of drug-likeness (QED) is 0.581. The lowest BCUT2D eigenvalue weighted by Crippen LogP contribution is -2.60. The Balaban J connectivity index is 2.07. The fourth-order valence-electron chi connectivity index (χ4n) is 3.54. The van der Waals surface area contributed by atoms with Crippen LogP contribution in [0.4, 0.5) is 0 Å². The molecule has 0 radical (unpaired) electrons. The van der Waals surface area contributed by atoms with Gasteiger partial charge in [-0.05, 0) is 25.7 Å². The monoisotopic (exact) mass is 242 g/mol. The molecular formula is C13H26N2O2. The van der Waals surface area contributed by atoms with Gasteiger partial charge in [0.1, 0.15) is 0 Å². The molecule has 100 valence electrons. The van der Waals surface area contributed by atoms with Gasteiger partial charge in [-0.2, -0.15) is 0 Å². The largest absolute Gasteiger partial charge is 0.381 e. The highest BCUT2D eigenvalue weighted by atomic mass is 16.5. The van der Waals surface area contributed by atoms with Gasteiger partial charge < -0.3 is 9.47 Å². The van der Waals surface area contributed by atoms with Crippen molar-refractivity contribution >= 4 is 0 Å². The minimum absolute atomic E-state index is 0.0711. The molecule has 1 aliphatic carbocycles. The molecule has 2 rings (SSSR count). The highest BCUT2D eigenvalue weighted by Crippen LogP contribution is 2.38. The van der Waals surface area contributed by atoms with Crippen molar-refractivity contribution in [2.24, 2.45) is 11.8 Å². The minimum atomic E-state index is -0.0711. The van der Waals surface area contributed by atoms with E-state index in [0.29, 0.717) is 5.92 Å². The second kappa shape index (κ2) is 6.14. The SMILES string of the molecule is COC1(C(NN)C2CCCOC2)CCCCC1. The average molecular weight is 242 g/mol. The van der Waals surface area contributed by atoms with Gasteiger partial charge in [0.15, 0.2) is 0 Å². The van der Waals surface area contributed by atoms with Crippen molar-refractivity contribution in [2.45, 2.75) is 56.6 Å². The normalized spacial score (nSPS) is 31.1. The molecule has 1 saturated carbocycles. The van der Waals surface area contributed by atoms with Crippen LogP contribution in [-0.4, -0.2) is 32.0 Å². The maximum Gasteiger partial charge on any atom is 0.0847 e. The average Bonchev–Trinajstić information content (AvgIpc) is 2.42. The van der Waals surface area contributed by atoms with Crippen molar-refractivity contribution in [3.8, 4) is 0 Å². The van der Waals surface area contributed by atoms with Crippen molar-refractivity contribution in [2.75, 3.05) is 20.3 Å². The topological polar surface area (TPSA) is 56.5 Å². The number of rotatable bonds is 4. The Kier molecular flexibility index (Phi) is 4.79. The molecule has 4 nitrogen and oxygen atoms in total.